The Morgan fingerprint density at radius 2 is 1.72 bits per heavy atom. The summed E-state index contributed by atoms with van der Waals surface area (Å²) >= 11 is 12.2. The summed E-state index contributed by atoms with van der Waals surface area (Å²) in [6, 6.07) is 12.7. The van der Waals surface area contributed by atoms with Crippen molar-refractivity contribution in [3.8, 4) is 5.75 Å². The number of anilines is 5. The largest absolute Gasteiger partial charge is 0.497 e. The van der Waals surface area contributed by atoms with Crippen molar-refractivity contribution >= 4 is 51.9 Å². The van der Waals surface area contributed by atoms with Crippen LogP contribution in [-0.2, 0) is 0 Å². The van der Waals surface area contributed by atoms with E-state index < -0.39 is 0 Å². The van der Waals surface area contributed by atoms with Gasteiger partial charge in [-0.05, 0) is 24.3 Å². The smallest absolute Gasteiger partial charge is 0.159 e. The number of halogens is 2. The topological polar surface area (TPSA) is 85.1 Å². The second-order valence-electron chi connectivity index (χ2n) is 5.07. The van der Waals surface area contributed by atoms with E-state index in [1.54, 1.807) is 25.3 Å². The summed E-state index contributed by atoms with van der Waals surface area (Å²) in [5.41, 5.74) is 7.92. The Morgan fingerprint density at radius 3 is 2.48 bits per heavy atom. The fraction of sp³-hybridized carbons (Fsp3) is 0.0588. The van der Waals surface area contributed by atoms with Crippen LogP contribution < -0.4 is 21.1 Å². The van der Waals surface area contributed by atoms with Gasteiger partial charge in [0.25, 0.3) is 0 Å². The van der Waals surface area contributed by atoms with Gasteiger partial charge in [0, 0.05) is 11.8 Å². The molecule has 1 aromatic heterocycles. The van der Waals surface area contributed by atoms with E-state index in [-0.39, 0.29) is 0 Å². The maximum Gasteiger partial charge on any atom is 0.159 e. The van der Waals surface area contributed by atoms with Crippen LogP contribution in [0, 0.1) is 0 Å². The molecule has 0 unspecified atom stereocenters. The van der Waals surface area contributed by atoms with Gasteiger partial charge < -0.3 is 21.1 Å². The average Bonchev–Trinajstić information content (AvgIpc) is 2.62. The number of nitrogen functional groups attached to an aromatic ring is 1. The molecule has 3 rings (SSSR count). The molecule has 8 heteroatoms. The molecule has 0 bridgehead atoms. The summed E-state index contributed by atoms with van der Waals surface area (Å²) < 4.78 is 5.21. The molecule has 6 nitrogen and oxygen atoms in total. The predicted octanol–water partition coefficient (Wildman–Crippen LogP) is 4.86. The SMILES string of the molecule is COc1cccc(Nc2ncnc(Nc3cccc(Cl)c3Cl)c2N)c1. The van der Waals surface area contributed by atoms with E-state index in [1.807, 2.05) is 24.3 Å². The van der Waals surface area contributed by atoms with Crippen LogP contribution in [0.25, 0.3) is 0 Å². The second kappa shape index (κ2) is 7.46. The lowest BCUT2D eigenvalue weighted by Gasteiger charge is -2.14. The van der Waals surface area contributed by atoms with Gasteiger partial charge in [-0.25, -0.2) is 9.97 Å². The van der Waals surface area contributed by atoms with Crippen LogP contribution in [0.5, 0.6) is 5.75 Å². The van der Waals surface area contributed by atoms with Crippen molar-refractivity contribution in [1.29, 1.82) is 0 Å². The molecule has 2 aromatic carbocycles. The predicted molar refractivity (Wildman–Crippen MR) is 102 cm³/mol. The number of ether oxygens (including phenoxy) is 1. The lowest BCUT2D eigenvalue weighted by Crippen LogP contribution is -2.05. The van der Waals surface area contributed by atoms with Gasteiger partial charge in [0.2, 0.25) is 0 Å². The molecule has 0 saturated heterocycles. The Bertz CT molecular complexity index is 904. The third kappa shape index (κ3) is 3.87. The maximum atomic E-state index is 6.19. The molecule has 0 fully saturated rings. The average molecular weight is 376 g/mol. The number of rotatable bonds is 5. The van der Waals surface area contributed by atoms with Gasteiger partial charge in [-0.2, -0.15) is 0 Å². The summed E-state index contributed by atoms with van der Waals surface area (Å²) in [5.74, 6) is 1.61. The van der Waals surface area contributed by atoms with Crippen LogP contribution in [0.2, 0.25) is 10.0 Å². The molecule has 25 heavy (non-hydrogen) atoms. The van der Waals surface area contributed by atoms with Crippen LogP contribution in [0.3, 0.4) is 0 Å². The fourth-order valence-corrected chi connectivity index (χ4v) is 2.51. The lowest BCUT2D eigenvalue weighted by atomic mass is 10.3. The third-order valence-corrected chi connectivity index (χ3v) is 4.24. The van der Waals surface area contributed by atoms with Crippen LogP contribution in [-0.4, -0.2) is 17.1 Å². The Morgan fingerprint density at radius 1 is 1.00 bits per heavy atom. The van der Waals surface area contributed by atoms with Crippen molar-refractivity contribution in [2.45, 2.75) is 0 Å². The van der Waals surface area contributed by atoms with Gasteiger partial charge in [-0.15, -0.1) is 0 Å². The number of aromatic nitrogens is 2. The fourth-order valence-electron chi connectivity index (χ4n) is 2.16. The molecule has 0 amide bonds. The molecule has 4 N–H and O–H groups in total. The normalized spacial score (nSPS) is 10.4. The quantitative estimate of drug-likeness (QED) is 0.590. The van der Waals surface area contributed by atoms with Gasteiger partial charge in [-0.3, -0.25) is 0 Å². The third-order valence-electron chi connectivity index (χ3n) is 3.42. The highest BCUT2D eigenvalue weighted by atomic mass is 35.5. The highest BCUT2D eigenvalue weighted by Crippen LogP contribution is 2.34. The minimum absolute atomic E-state index is 0.348. The molecule has 0 radical (unpaired) electrons. The Hall–Kier alpha value is -2.70. The standard InChI is InChI=1S/C17H15Cl2N5O/c1-25-11-5-2-4-10(8-11)23-16-15(20)17(22-9-21-16)24-13-7-3-6-12(18)14(13)19/h2-9H,20H2,1H3,(H2,21,22,23,24). The number of methoxy groups -OCH3 is 1. The minimum Gasteiger partial charge on any atom is -0.497 e. The van der Waals surface area contributed by atoms with Gasteiger partial charge in [-0.1, -0.05) is 35.3 Å². The first-order chi connectivity index (χ1) is 12.1. The molecule has 0 spiro atoms. The summed E-state index contributed by atoms with van der Waals surface area (Å²) in [6.07, 6.45) is 1.40. The van der Waals surface area contributed by atoms with Gasteiger partial charge in [0.15, 0.2) is 11.6 Å². The molecule has 3 aromatic rings. The molecule has 1 heterocycles. The van der Waals surface area contributed by atoms with Crippen LogP contribution >= 0.6 is 23.2 Å². The Balaban J connectivity index is 1.88. The number of hydrogen-bond acceptors (Lipinski definition) is 6. The van der Waals surface area contributed by atoms with Crippen molar-refractivity contribution < 1.29 is 4.74 Å². The summed E-state index contributed by atoms with van der Waals surface area (Å²) in [4.78, 5) is 8.35. The molecule has 0 aliphatic rings. The molecular formula is C17H15Cl2N5O. The second-order valence-corrected chi connectivity index (χ2v) is 5.85. The maximum absolute atomic E-state index is 6.19. The van der Waals surface area contributed by atoms with Crippen molar-refractivity contribution in [2.24, 2.45) is 0 Å². The molecular weight excluding hydrogens is 361 g/mol. The van der Waals surface area contributed by atoms with E-state index >= 15 is 0 Å². The summed E-state index contributed by atoms with van der Waals surface area (Å²) in [5, 5.41) is 7.05. The Labute approximate surface area is 155 Å². The summed E-state index contributed by atoms with van der Waals surface area (Å²) in [7, 11) is 1.61. The molecule has 128 valence electrons. The number of nitrogens with two attached hydrogens (primary N) is 1. The zero-order chi connectivity index (χ0) is 17.8. The zero-order valence-electron chi connectivity index (χ0n) is 13.3. The number of nitrogens with one attached hydrogen (secondary N) is 2. The van der Waals surface area contributed by atoms with E-state index in [2.05, 4.69) is 20.6 Å². The Kier molecular flexibility index (Phi) is 5.11. The van der Waals surface area contributed by atoms with Crippen LogP contribution in [0.4, 0.5) is 28.7 Å². The molecule has 0 aliphatic carbocycles. The van der Waals surface area contributed by atoms with E-state index in [0.717, 1.165) is 11.4 Å². The number of nitrogens with zero attached hydrogens (tertiary/aromatic N) is 2. The first-order valence-corrected chi connectivity index (χ1v) is 8.06. The van der Waals surface area contributed by atoms with Crippen molar-refractivity contribution in [2.75, 3.05) is 23.5 Å². The van der Waals surface area contributed by atoms with E-state index in [0.29, 0.717) is 33.1 Å². The highest BCUT2D eigenvalue weighted by molar-refractivity contribution is 6.43. The number of benzene rings is 2. The zero-order valence-corrected chi connectivity index (χ0v) is 14.8. The van der Waals surface area contributed by atoms with E-state index in [4.69, 9.17) is 33.7 Å². The molecule has 0 aliphatic heterocycles. The monoisotopic (exact) mass is 375 g/mol. The van der Waals surface area contributed by atoms with Gasteiger partial charge in [0.05, 0.1) is 22.8 Å². The van der Waals surface area contributed by atoms with Gasteiger partial charge in [0.1, 0.15) is 17.8 Å². The van der Waals surface area contributed by atoms with Crippen molar-refractivity contribution in [1.82, 2.24) is 9.97 Å². The molecule has 0 atom stereocenters. The van der Waals surface area contributed by atoms with E-state index in [1.165, 1.54) is 6.33 Å². The first kappa shape index (κ1) is 17.1. The summed E-state index contributed by atoms with van der Waals surface area (Å²) in [6.45, 7) is 0. The van der Waals surface area contributed by atoms with Crippen LogP contribution in [0.1, 0.15) is 0 Å². The first-order valence-electron chi connectivity index (χ1n) is 7.31. The van der Waals surface area contributed by atoms with Crippen LogP contribution in [0.15, 0.2) is 48.8 Å². The van der Waals surface area contributed by atoms with Crippen molar-refractivity contribution in [3.63, 3.8) is 0 Å². The highest BCUT2D eigenvalue weighted by Gasteiger charge is 2.11. The van der Waals surface area contributed by atoms with E-state index in [9.17, 15) is 0 Å². The number of hydrogen-bond donors (Lipinski definition) is 3. The van der Waals surface area contributed by atoms with Crippen molar-refractivity contribution in [3.05, 3.63) is 58.8 Å². The lowest BCUT2D eigenvalue weighted by molar-refractivity contribution is 0.415. The molecule has 0 saturated carbocycles. The minimum atomic E-state index is 0.348. The van der Waals surface area contributed by atoms with Gasteiger partial charge >= 0.3 is 0 Å².